The molecule has 0 unspecified atom stereocenters. The molecule has 0 aliphatic heterocycles. The number of alkyl halides is 3. The summed E-state index contributed by atoms with van der Waals surface area (Å²) in [7, 11) is 0. The number of benzene rings is 2. The molecule has 0 radical (unpaired) electrons. The van der Waals surface area contributed by atoms with Gasteiger partial charge in [0.1, 0.15) is 0 Å². The normalized spacial score (nSPS) is 12.2. The molecule has 2 rings (SSSR count). The number of halogens is 4. The maximum Gasteiger partial charge on any atom is 0.416 e. The summed E-state index contributed by atoms with van der Waals surface area (Å²) in [6.45, 7) is 3.07. The lowest BCUT2D eigenvalue weighted by molar-refractivity contribution is -0.137. The van der Waals surface area contributed by atoms with Crippen molar-refractivity contribution in [2.24, 2.45) is 0 Å². The average Bonchev–Trinajstić information content (AvgIpc) is 2.55. The van der Waals surface area contributed by atoms with E-state index in [2.05, 4.69) is 16.0 Å². The van der Waals surface area contributed by atoms with Crippen molar-refractivity contribution >= 4 is 34.9 Å². The molecule has 9 heteroatoms. The van der Waals surface area contributed by atoms with Gasteiger partial charge in [-0.2, -0.15) is 13.2 Å². The fraction of sp³-hybridized carbons (Fsp3) is 0.222. The van der Waals surface area contributed by atoms with E-state index in [-0.39, 0.29) is 16.6 Å². The number of carbonyl (C=O) groups excluding carboxylic acids is 2. The first-order valence-corrected chi connectivity index (χ1v) is 8.26. The molecule has 0 spiro atoms. The van der Waals surface area contributed by atoms with Crippen LogP contribution < -0.4 is 16.0 Å². The fourth-order valence-electron chi connectivity index (χ4n) is 2.32. The van der Waals surface area contributed by atoms with Crippen LogP contribution in [0.25, 0.3) is 0 Å². The third-order valence-corrected chi connectivity index (χ3v) is 3.93. The zero-order valence-electron chi connectivity index (χ0n) is 14.4. The Morgan fingerprint density at radius 1 is 1.07 bits per heavy atom. The largest absolute Gasteiger partial charge is 0.416 e. The van der Waals surface area contributed by atoms with Crippen molar-refractivity contribution in [2.75, 3.05) is 10.6 Å². The van der Waals surface area contributed by atoms with E-state index in [1.54, 1.807) is 31.2 Å². The van der Waals surface area contributed by atoms with E-state index in [0.29, 0.717) is 11.3 Å². The fourth-order valence-corrected chi connectivity index (χ4v) is 2.49. The summed E-state index contributed by atoms with van der Waals surface area (Å²) in [6.07, 6.45) is -4.55. The third-order valence-electron chi connectivity index (χ3n) is 3.60. The minimum absolute atomic E-state index is 0.0153. The van der Waals surface area contributed by atoms with Gasteiger partial charge in [0.15, 0.2) is 0 Å². The van der Waals surface area contributed by atoms with Crippen LogP contribution in [0.3, 0.4) is 0 Å². The predicted molar refractivity (Wildman–Crippen MR) is 97.8 cm³/mol. The van der Waals surface area contributed by atoms with Crippen molar-refractivity contribution in [1.29, 1.82) is 0 Å². The van der Waals surface area contributed by atoms with Gasteiger partial charge in [-0.05, 0) is 42.8 Å². The Kier molecular flexibility index (Phi) is 6.32. The summed E-state index contributed by atoms with van der Waals surface area (Å²) in [4.78, 5) is 23.3. The maximum atomic E-state index is 12.8. The molecule has 5 nitrogen and oxygen atoms in total. The Balaban J connectivity index is 2.08. The van der Waals surface area contributed by atoms with Gasteiger partial charge in [-0.15, -0.1) is 0 Å². The number of urea groups is 1. The predicted octanol–water partition coefficient (Wildman–Crippen LogP) is 5.20. The number of carbonyl (C=O) groups is 2. The highest BCUT2D eigenvalue weighted by Crippen LogP contribution is 2.33. The van der Waals surface area contributed by atoms with Gasteiger partial charge in [-0.3, -0.25) is 4.79 Å². The molecule has 0 aliphatic rings. The summed E-state index contributed by atoms with van der Waals surface area (Å²) < 4.78 is 38.4. The smallest absolute Gasteiger partial charge is 0.331 e. The van der Waals surface area contributed by atoms with Crippen molar-refractivity contribution in [1.82, 2.24) is 5.32 Å². The first-order valence-electron chi connectivity index (χ1n) is 7.88. The second kappa shape index (κ2) is 8.30. The zero-order chi connectivity index (χ0) is 20.2. The van der Waals surface area contributed by atoms with Gasteiger partial charge in [0.25, 0.3) is 0 Å². The standard InChI is InChI=1S/C18H17ClF3N3O2/c1-10(12-4-3-5-14(8-12)24-11(2)26)23-17(27)25-16-9-13(18(20,21)22)6-7-15(16)19/h3-10H,1-2H3,(H,24,26)(H2,23,25,27)/t10-/m1/s1. The molecule has 0 aromatic heterocycles. The summed E-state index contributed by atoms with van der Waals surface area (Å²) in [6, 6.07) is 8.32. The molecule has 0 fully saturated rings. The third kappa shape index (κ3) is 5.89. The Morgan fingerprint density at radius 2 is 1.78 bits per heavy atom. The Hall–Kier alpha value is -2.74. The lowest BCUT2D eigenvalue weighted by atomic mass is 10.1. The summed E-state index contributed by atoms with van der Waals surface area (Å²) in [5, 5.41) is 7.54. The number of amides is 3. The Bertz CT molecular complexity index is 856. The van der Waals surface area contributed by atoms with Gasteiger partial charge in [0, 0.05) is 12.6 Å². The van der Waals surface area contributed by atoms with E-state index >= 15 is 0 Å². The van der Waals surface area contributed by atoms with Gasteiger partial charge in [-0.25, -0.2) is 4.79 Å². The zero-order valence-corrected chi connectivity index (χ0v) is 15.2. The van der Waals surface area contributed by atoms with Gasteiger partial charge in [-0.1, -0.05) is 23.7 Å². The summed E-state index contributed by atoms with van der Waals surface area (Å²) in [5.41, 5.74) is 0.197. The minimum atomic E-state index is -4.55. The van der Waals surface area contributed by atoms with Gasteiger partial charge >= 0.3 is 12.2 Å². The monoisotopic (exact) mass is 399 g/mol. The number of nitrogens with one attached hydrogen (secondary N) is 3. The highest BCUT2D eigenvalue weighted by molar-refractivity contribution is 6.33. The van der Waals surface area contributed by atoms with Crippen LogP contribution in [-0.2, 0) is 11.0 Å². The molecule has 0 saturated carbocycles. The van der Waals surface area contributed by atoms with Crippen LogP contribution in [0.5, 0.6) is 0 Å². The van der Waals surface area contributed by atoms with Crippen LogP contribution in [0.15, 0.2) is 42.5 Å². The van der Waals surface area contributed by atoms with Crippen LogP contribution in [0.1, 0.15) is 31.0 Å². The summed E-state index contributed by atoms with van der Waals surface area (Å²) in [5.74, 6) is -0.232. The van der Waals surface area contributed by atoms with E-state index < -0.39 is 23.8 Å². The average molecular weight is 400 g/mol. The lowest BCUT2D eigenvalue weighted by Gasteiger charge is -2.17. The minimum Gasteiger partial charge on any atom is -0.331 e. The lowest BCUT2D eigenvalue weighted by Crippen LogP contribution is -2.31. The maximum absolute atomic E-state index is 12.8. The van der Waals surface area contributed by atoms with Crippen molar-refractivity contribution in [3.05, 3.63) is 58.6 Å². The van der Waals surface area contributed by atoms with Crippen molar-refractivity contribution in [3.63, 3.8) is 0 Å². The number of rotatable bonds is 4. The van der Waals surface area contributed by atoms with Crippen LogP contribution >= 0.6 is 11.6 Å². The first kappa shape index (κ1) is 20.6. The molecule has 2 aromatic carbocycles. The molecule has 2 aromatic rings. The van der Waals surface area contributed by atoms with E-state index in [1.165, 1.54) is 6.92 Å². The number of anilines is 2. The Morgan fingerprint density at radius 3 is 2.41 bits per heavy atom. The van der Waals surface area contributed by atoms with Crippen molar-refractivity contribution in [3.8, 4) is 0 Å². The topological polar surface area (TPSA) is 70.2 Å². The van der Waals surface area contributed by atoms with E-state index in [0.717, 1.165) is 18.2 Å². The molecule has 0 saturated heterocycles. The molecule has 27 heavy (non-hydrogen) atoms. The van der Waals surface area contributed by atoms with Crippen molar-refractivity contribution in [2.45, 2.75) is 26.1 Å². The van der Waals surface area contributed by atoms with Crippen LogP contribution in [0.4, 0.5) is 29.3 Å². The SMILES string of the molecule is CC(=O)Nc1cccc([C@@H](C)NC(=O)Nc2cc(C(F)(F)F)ccc2Cl)c1. The molecule has 3 amide bonds. The van der Waals surface area contributed by atoms with E-state index in [9.17, 15) is 22.8 Å². The highest BCUT2D eigenvalue weighted by atomic mass is 35.5. The van der Waals surface area contributed by atoms with Crippen LogP contribution in [0, 0.1) is 0 Å². The van der Waals surface area contributed by atoms with Crippen molar-refractivity contribution < 1.29 is 22.8 Å². The highest BCUT2D eigenvalue weighted by Gasteiger charge is 2.31. The molecule has 0 heterocycles. The second-order valence-electron chi connectivity index (χ2n) is 5.82. The van der Waals surface area contributed by atoms with E-state index in [1.807, 2.05) is 0 Å². The molecule has 0 aliphatic carbocycles. The summed E-state index contributed by atoms with van der Waals surface area (Å²) >= 11 is 5.86. The molecule has 3 N–H and O–H groups in total. The van der Waals surface area contributed by atoms with Gasteiger partial charge in [0.05, 0.1) is 22.3 Å². The van der Waals surface area contributed by atoms with E-state index in [4.69, 9.17) is 11.6 Å². The molecule has 1 atom stereocenters. The molecular weight excluding hydrogens is 383 g/mol. The van der Waals surface area contributed by atoms with Crippen LogP contribution in [-0.4, -0.2) is 11.9 Å². The second-order valence-corrected chi connectivity index (χ2v) is 6.23. The quantitative estimate of drug-likeness (QED) is 0.661. The molecule has 144 valence electrons. The van der Waals surface area contributed by atoms with Crippen LogP contribution in [0.2, 0.25) is 5.02 Å². The van der Waals surface area contributed by atoms with Gasteiger partial charge in [0.2, 0.25) is 5.91 Å². The molecular formula is C18H17ClF3N3O2. The first-order chi connectivity index (χ1) is 12.6. The number of hydrogen-bond donors (Lipinski definition) is 3. The Labute approximate surface area is 158 Å². The van der Waals surface area contributed by atoms with Gasteiger partial charge < -0.3 is 16.0 Å². The molecule has 0 bridgehead atoms. The number of hydrogen-bond acceptors (Lipinski definition) is 2.